The fraction of sp³-hybridized carbons (Fsp3) is 0.400. The highest BCUT2D eigenvalue weighted by atomic mass is 35.5. The van der Waals surface area contributed by atoms with Crippen molar-refractivity contribution in [2.45, 2.75) is 25.4 Å². The molecule has 1 heterocycles. The van der Waals surface area contributed by atoms with Gasteiger partial charge in [-0.15, -0.1) is 0 Å². The van der Waals surface area contributed by atoms with E-state index in [1.165, 1.54) is 37.1 Å². The van der Waals surface area contributed by atoms with Crippen LogP contribution in [0.1, 0.15) is 30.0 Å². The van der Waals surface area contributed by atoms with Crippen molar-refractivity contribution in [3.05, 3.63) is 64.7 Å². The van der Waals surface area contributed by atoms with E-state index < -0.39 is 0 Å². The van der Waals surface area contributed by atoms with Crippen LogP contribution in [-0.4, -0.2) is 31.6 Å². The van der Waals surface area contributed by atoms with Gasteiger partial charge in [-0.3, -0.25) is 4.90 Å². The van der Waals surface area contributed by atoms with Crippen LogP contribution in [0.5, 0.6) is 5.75 Å². The zero-order chi connectivity index (χ0) is 16.8. The van der Waals surface area contributed by atoms with Crippen molar-refractivity contribution in [1.29, 1.82) is 0 Å². The summed E-state index contributed by atoms with van der Waals surface area (Å²) in [4.78, 5) is 2.58. The molecule has 2 aromatic rings. The Hall–Kier alpha value is -1.55. The maximum Gasteiger partial charge on any atom is 0.118 e. The number of likely N-dealkylation sites (tertiary alicyclic amines) is 1. The number of ether oxygens (including phenoxy) is 1. The van der Waals surface area contributed by atoms with E-state index >= 15 is 0 Å². The SMILES string of the molecule is COc1ccc(C(CNCc2ccc(Cl)cc2)N2CCCC2)cc1. The summed E-state index contributed by atoms with van der Waals surface area (Å²) >= 11 is 5.95. The van der Waals surface area contributed by atoms with E-state index in [1.807, 2.05) is 12.1 Å². The molecule has 0 spiro atoms. The Morgan fingerprint density at radius 1 is 1.04 bits per heavy atom. The molecule has 24 heavy (non-hydrogen) atoms. The predicted molar refractivity (Wildman–Crippen MR) is 99.7 cm³/mol. The molecule has 3 rings (SSSR count). The average Bonchev–Trinajstić information content (AvgIpc) is 3.15. The average molecular weight is 345 g/mol. The Labute approximate surface area is 149 Å². The molecule has 1 aliphatic heterocycles. The maximum atomic E-state index is 5.95. The van der Waals surface area contributed by atoms with Crippen LogP contribution in [0.2, 0.25) is 5.02 Å². The summed E-state index contributed by atoms with van der Waals surface area (Å²) < 4.78 is 5.28. The standard InChI is InChI=1S/C20H25ClN2O/c1-24-19-10-6-17(7-11-19)20(23-12-2-3-13-23)15-22-14-16-4-8-18(21)9-5-16/h4-11,20,22H,2-3,12-15H2,1H3. The molecule has 3 nitrogen and oxygen atoms in total. The third-order valence-electron chi connectivity index (χ3n) is 4.66. The van der Waals surface area contributed by atoms with E-state index in [2.05, 4.69) is 46.6 Å². The summed E-state index contributed by atoms with van der Waals surface area (Å²) in [5.41, 5.74) is 2.61. The van der Waals surface area contributed by atoms with Gasteiger partial charge in [0.05, 0.1) is 7.11 Å². The molecule has 1 saturated heterocycles. The lowest BCUT2D eigenvalue weighted by Gasteiger charge is -2.28. The monoisotopic (exact) mass is 344 g/mol. The molecule has 0 aliphatic carbocycles. The molecule has 1 aliphatic rings. The van der Waals surface area contributed by atoms with Crippen LogP contribution in [0.3, 0.4) is 0 Å². The highest BCUT2D eigenvalue weighted by Gasteiger charge is 2.23. The quantitative estimate of drug-likeness (QED) is 0.811. The van der Waals surface area contributed by atoms with Gasteiger partial charge in [0, 0.05) is 24.2 Å². The van der Waals surface area contributed by atoms with E-state index in [0.29, 0.717) is 6.04 Å². The fourth-order valence-electron chi connectivity index (χ4n) is 3.29. The van der Waals surface area contributed by atoms with Crippen LogP contribution in [0.25, 0.3) is 0 Å². The molecule has 2 aromatic carbocycles. The van der Waals surface area contributed by atoms with Crippen LogP contribution in [0.4, 0.5) is 0 Å². The first-order valence-electron chi connectivity index (χ1n) is 8.59. The molecular weight excluding hydrogens is 320 g/mol. The number of halogens is 1. The lowest BCUT2D eigenvalue weighted by Crippen LogP contribution is -2.34. The first kappa shape index (κ1) is 17.3. The zero-order valence-electron chi connectivity index (χ0n) is 14.2. The third kappa shape index (κ3) is 4.50. The Bertz CT molecular complexity index is 621. The Morgan fingerprint density at radius 2 is 1.71 bits per heavy atom. The van der Waals surface area contributed by atoms with Crippen LogP contribution in [-0.2, 0) is 6.54 Å². The highest BCUT2D eigenvalue weighted by molar-refractivity contribution is 6.30. The van der Waals surface area contributed by atoms with Crippen LogP contribution in [0, 0.1) is 0 Å². The van der Waals surface area contributed by atoms with Crippen molar-refractivity contribution >= 4 is 11.6 Å². The minimum absolute atomic E-state index is 0.408. The summed E-state index contributed by atoms with van der Waals surface area (Å²) in [6.45, 7) is 4.16. The van der Waals surface area contributed by atoms with Crippen molar-refractivity contribution in [2.75, 3.05) is 26.7 Å². The van der Waals surface area contributed by atoms with Gasteiger partial charge in [-0.2, -0.15) is 0 Å². The molecule has 128 valence electrons. The largest absolute Gasteiger partial charge is 0.497 e. The fourth-order valence-corrected chi connectivity index (χ4v) is 3.42. The van der Waals surface area contributed by atoms with E-state index in [-0.39, 0.29) is 0 Å². The lowest BCUT2D eigenvalue weighted by atomic mass is 10.0. The minimum atomic E-state index is 0.408. The van der Waals surface area contributed by atoms with Gasteiger partial charge >= 0.3 is 0 Å². The number of hydrogen-bond donors (Lipinski definition) is 1. The van der Waals surface area contributed by atoms with Gasteiger partial charge in [-0.25, -0.2) is 0 Å². The summed E-state index contributed by atoms with van der Waals surface area (Å²) in [6, 6.07) is 16.9. The molecule has 0 aromatic heterocycles. The number of methoxy groups -OCH3 is 1. The van der Waals surface area contributed by atoms with Crippen molar-refractivity contribution < 1.29 is 4.74 Å². The van der Waals surface area contributed by atoms with Gasteiger partial charge in [0.1, 0.15) is 5.75 Å². The lowest BCUT2D eigenvalue weighted by molar-refractivity contribution is 0.238. The van der Waals surface area contributed by atoms with E-state index in [0.717, 1.165) is 23.9 Å². The smallest absolute Gasteiger partial charge is 0.118 e. The highest BCUT2D eigenvalue weighted by Crippen LogP contribution is 2.26. The van der Waals surface area contributed by atoms with Crippen LogP contribution < -0.4 is 10.1 Å². The van der Waals surface area contributed by atoms with Crippen molar-refractivity contribution in [2.24, 2.45) is 0 Å². The second kappa shape index (κ2) is 8.52. The van der Waals surface area contributed by atoms with Crippen LogP contribution in [0.15, 0.2) is 48.5 Å². The number of nitrogens with one attached hydrogen (secondary N) is 1. The van der Waals surface area contributed by atoms with Gasteiger partial charge in [-0.05, 0) is 61.3 Å². The van der Waals surface area contributed by atoms with Crippen molar-refractivity contribution in [1.82, 2.24) is 10.2 Å². The second-order valence-electron chi connectivity index (χ2n) is 6.29. The first-order chi connectivity index (χ1) is 11.8. The first-order valence-corrected chi connectivity index (χ1v) is 8.97. The summed E-state index contributed by atoms with van der Waals surface area (Å²) in [7, 11) is 1.71. The topological polar surface area (TPSA) is 24.5 Å². The van der Waals surface area contributed by atoms with Crippen LogP contribution >= 0.6 is 11.6 Å². The van der Waals surface area contributed by atoms with Crippen molar-refractivity contribution in [3.8, 4) is 5.75 Å². The molecular formula is C20H25ClN2O. The van der Waals surface area contributed by atoms with Gasteiger partial charge in [0.25, 0.3) is 0 Å². The maximum absolute atomic E-state index is 5.95. The number of rotatable bonds is 7. The molecule has 1 atom stereocenters. The molecule has 0 bridgehead atoms. The second-order valence-corrected chi connectivity index (χ2v) is 6.73. The molecule has 4 heteroatoms. The third-order valence-corrected chi connectivity index (χ3v) is 4.91. The number of hydrogen-bond acceptors (Lipinski definition) is 3. The minimum Gasteiger partial charge on any atom is -0.497 e. The van der Waals surface area contributed by atoms with E-state index in [1.54, 1.807) is 7.11 Å². The number of nitrogens with zero attached hydrogens (tertiary/aromatic N) is 1. The molecule has 0 radical (unpaired) electrons. The molecule has 1 N–H and O–H groups in total. The Balaban J connectivity index is 1.64. The summed E-state index contributed by atoms with van der Waals surface area (Å²) in [6.07, 6.45) is 2.59. The molecule has 1 unspecified atom stereocenters. The zero-order valence-corrected chi connectivity index (χ0v) is 14.9. The van der Waals surface area contributed by atoms with Gasteiger partial charge in [-0.1, -0.05) is 35.9 Å². The summed E-state index contributed by atoms with van der Waals surface area (Å²) in [5.74, 6) is 0.910. The van der Waals surface area contributed by atoms with Crippen molar-refractivity contribution in [3.63, 3.8) is 0 Å². The Morgan fingerprint density at radius 3 is 2.33 bits per heavy atom. The molecule has 0 amide bonds. The number of benzene rings is 2. The predicted octanol–water partition coefficient (Wildman–Crippen LogP) is 4.28. The van der Waals surface area contributed by atoms with Gasteiger partial charge in [0.15, 0.2) is 0 Å². The van der Waals surface area contributed by atoms with E-state index in [9.17, 15) is 0 Å². The molecule has 0 saturated carbocycles. The van der Waals surface area contributed by atoms with Gasteiger partial charge < -0.3 is 10.1 Å². The van der Waals surface area contributed by atoms with Gasteiger partial charge in [0.2, 0.25) is 0 Å². The van der Waals surface area contributed by atoms with E-state index in [4.69, 9.17) is 16.3 Å². The molecule has 1 fully saturated rings. The summed E-state index contributed by atoms with van der Waals surface area (Å²) in [5, 5.41) is 4.39. The Kier molecular flexibility index (Phi) is 6.13. The normalized spacial score (nSPS) is 16.2.